The molecule has 0 aromatic heterocycles. The summed E-state index contributed by atoms with van der Waals surface area (Å²) in [6.45, 7) is 3.93. The Morgan fingerprint density at radius 2 is 1.95 bits per heavy atom. The predicted octanol–water partition coefficient (Wildman–Crippen LogP) is 3.67. The lowest BCUT2D eigenvalue weighted by Crippen LogP contribution is -2.43. The summed E-state index contributed by atoms with van der Waals surface area (Å²) in [5.41, 5.74) is -0.446. The van der Waals surface area contributed by atoms with Crippen LogP contribution in [0.5, 0.6) is 0 Å². The van der Waals surface area contributed by atoms with Gasteiger partial charge in [-0.2, -0.15) is 0 Å². The first-order chi connectivity index (χ1) is 8.90. The molecule has 0 saturated heterocycles. The van der Waals surface area contributed by atoms with Crippen LogP contribution in [-0.2, 0) is 0 Å². The molecule has 6 heteroatoms. The molecule has 0 saturated carbocycles. The van der Waals surface area contributed by atoms with E-state index in [2.05, 4.69) is 10.6 Å². The molecule has 0 bridgehead atoms. The molecule has 0 aliphatic heterocycles. The smallest absolute Gasteiger partial charge is 0.319 e. The van der Waals surface area contributed by atoms with E-state index in [1.165, 1.54) is 0 Å². The van der Waals surface area contributed by atoms with E-state index in [1.54, 1.807) is 18.2 Å². The number of benzene rings is 1. The highest BCUT2D eigenvalue weighted by molar-refractivity contribution is 6.35. The maximum atomic E-state index is 11.7. The fraction of sp³-hybridized carbons (Fsp3) is 0.462. The van der Waals surface area contributed by atoms with Gasteiger partial charge in [0, 0.05) is 11.6 Å². The normalized spacial score (nSPS) is 11.2. The predicted molar refractivity (Wildman–Crippen MR) is 79.0 cm³/mol. The van der Waals surface area contributed by atoms with E-state index >= 15 is 0 Å². The number of amides is 2. The lowest BCUT2D eigenvalue weighted by Gasteiger charge is -2.25. The van der Waals surface area contributed by atoms with Gasteiger partial charge in [0.1, 0.15) is 0 Å². The minimum absolute atomic E-state index is 0.185. The minimum atomic E-state index is -0.879. The van der Waals surface area contributed by atoms with Crippen molar-refractivity contribution in [2.24, 2.45) is 0 Å². The molecule has 1 aromatic rings. The molecule has 2 amide bonds. The number of carbonyl (C=O) groups excluding carboxylic acids is 1. The first-order valence-corrected chi connectivity index (χ1v) is 6.88. The molecule has 0 aliphatic rings. The Bertz CT molecular complexity index is 448. The van der Waals surface area contributed by atoms with E-state index in [4.69, 9.17) is 23.2 Å². The summed E-state index contributed by atoms with van der Waals surface area (Å²) in [5, 5.41) is 16.2. The maximum Gasteiger partial charge on any atom is 0.319 e. The molecule has 0 aliphatic carbocycles. The summed E-state index contributed by atoms with van der Waals surface area (Å²) in [6.07, 6.45) is 1.14. The number of hydrogen-bond donors (Lipinski definition) is 3. The van der Waals surface area contributed by atoms with Crippen LogP contribution in [0.3, 0.4) is 0 Å². The largest absolute Gasteiger partial charge is 0.388 e. The van der Waals surface area contributed by atoms with E-state index in [-0.39, 0.29) is 6.54 Å². The lowest BCUT2D eigenvalue weighted by molar-refractivity contribution is 0.0354. The zero-order valence-corrected chi connectivity index (χ0v) is 12.5. The molecule has 0 unspecified atom stereocenters. The third-order valence-corrected chi connectivity index (χ3v) is 3.64. The molecule has 0 heterocycles. The van der Waals surface area contributed by atoms with Crippen molar-refractivity contribution in [3.05, 3.63) is 28.2 Å². The summed E-state index contributed by atoms with van der Waals surface area (Å²) >= 11 is 11.8. The van der Waals surface area contributed by atoms with Crippen molar-refractivity contribution in [3.63, 3.8) is 0 Å². The third kappa shape index (κ3) is 4.90. The summed E-state index contributed by atoms with van der Waals surface area (Å²) in [5.74, 6) is 0. The molecule has 0 radical (unpaired) electrons. The fourth-order valence-corrected chi connectivity index (χ4v) is 1.84. The maximum absolute atomic E-state index is 11.7. The Labute approximate surface area is 123 Å². The first-order valence-electron chi connectivity index (χ1n) is 6.12. The quantitative estimate of drug-likeness (QED) is 0.777. The van der Waals surface area contributed by atoms with Crippen LogP contribution in [0.4, 0.5) is 10.5 Å². The van der Waals surface area contributed by atoms with Crippen LogP contribution in [0.25, 0.3) is 0 Å². The number of urea groups is 1. The lowest BCUT2D eigenvalue weighted by atomic mass is 9.98. The summed E-state index contributed by atoms with van der Waals surface area (Å²) < 4.78 is 0. The van der Waals surface area contributed by atoms with Crippen LogP contribution in [0, 0.1) is 0 Å². The Morgan fingerprint density at radius 3 is 2.53 bits per heavy atom. The monoisotopic (exact) mass is 304 g/mol. The molecule has 1 aromatic carbocycles. The second kappa shape index (κ2) is 6.98. The van der Waals surface area contributed by atoms with Crippen molar-refractivity contribution in [1.82, 2.24) is 5.32 Å². The van der Waals surface area contributed by atoms with Gasteiger partial charge in [-0.3, -0.25) is 0 Å². The standard InChI is InChI=1S/C13H18Cl2N2O2/c1-3-13(19,4-2)8-16-12(18)17-11-7-9(14)5-6-10(11)15/h5-7,19H,3-4,8H2,1-2H3,(H2,16,17,18). The number of carbonyl (C=O) groups is 1. The van der Waals surface area contributed by atoms with Gasteiger partial charge in [0.25, 0.3) is 0 Å². The van der Waals surface area contributed by atoms with Gasteiger partial charge in [-0.1, -0.05) is 37.0 Å². The molecule has 0 spiro atoms. The molecule has 19 heavy (non-hydrogen) atoms. The van der Waals surface area contributed by atoms with E-state index in [1.807, 2.05) is 13.8 Å². The van der Waals surface area contributed by atoms with Crippen LogP contribution in [0.1, 0.15) is 26.7 Å². The molecule has 0 atom stereocenters. The third-order valence-electron chi connectivity index (χ3n) is 3.07. The number of aliphatic hydroxyl groups is 1. The van der Waals surface area contributed by atoms with Gasteiger partial charge in [0.2, 0.25) is 0 Å². The molecule has 106 valence electrons. The van der Waals surface area contributed by atoms with Crippen molar-refractivity contribution < 1.29 is 9.90 Å². The number of hydrogen-bond acceptors (Lipinski definition) is 2. The van der Waals surface area contributed by atoms with Crippen LogP contribution < -0.4 is 10.6 Å². The Balaban J connectivity index is 2.58. The van der Waals surface area contributed by atoms with Crippen molar-refractivity contribution in [1.29, 1.82) is 0 Å². The van der Waals surface area contributed by atoms with E-state index in [0.717, 1.165) is 0 Å². The molecular formula is C13H18Cl2N2O2. The Hall–Kier alpha value is -0.970. The SMILES string of the molecule is CCC(O)(CC)CNC(=O)Nc1cc(Cl)ccc1Cl. The van der Waals surface area contributed by atoms with E-state index < -0.39 is 11.6 Å². The Kier molecular flexibility index (Phi) is 5.91. The number of rotatable bonds is 5. The topological polar surface area (TPSA) is 61.4 Å². The molecular weight excluding hydrogens is 287 g/mol. The molecule has 3 N–H and O–H groups in total. The fourth-order valence-electron chi connectivity index (χ4n) is 1.50. The highest BCUT2D eigenvalue weighted by Gasteiger charge is 2.22. The van der Waals surface area contributed by atoms with Gasteiger partial charge in [-0.25, -0.2) is 4.79 Å². The number of nitrogens with one attached hydrogen (secondary N) is 2. The minimum Gasteiger partial charge on any atom is -0.388 e. The van der Waals surface area contributed by atoms with Gasteiger partial charge in [0.05, 0.1) is 16.3 Å². The summed E-state index contributed by atoms with van der Waals surface area (Å²) in [4.78, 5) is 11.7. The highest BCUT2D eigenvalue weighted by Crippen LogP contribution is 2.25. The van der Waals surface area contributed by atoms with Crippen LogP contribution in [-0.4, -0.2) is 23.3 Å². The van der Waals surface area contributed by atoms with Gasteiger partial charge in [-0.05, 0) is 31.0 Å². The summed E-state index contributed by atoms with van der Waals surface area (Å²) in [7, 11) is 0. The average molecular weight is 305 g/mol. The summed E-state index contributed by atoms with van der Waals surface area (Å²) in [6, 6.07) is 4.38. The zero-order chi connectivity index (χ0) is 14.5. The second-order valence-electron chi connectivity index (χ2n) is 4.36. The van der Waals surface area contributed by atoms with Crippen molar-refractivity contribution in [3.8, 4) is 0 Å². The van der Waals surface area contributed by atoms with Gasteiger partial charge < -0.3 is 15.7 Å². The second-order valence-corrected chi connectivity index (χ2v) is 5.21. The zero-order valence-electron chi connectivity index (χ0n) is 11.0. The van der Waals surface area contributed by atoms with E-state index in [0.29, 0.717) is 28.6 Å². The van der Waals surface area contributed by atoms with Crippen molar-refractivity contribution in [2.75, 3.05) is 11.9 Å². The molecule has 1 rings (SSSR count). The molecule has 0 fully saturated rings. The molecule has 4 nitrogen and oxygen atoms in total. The number of halogens is 2. The van der Waals surface area contributed by atoms with Gasteiger partial charge >= 0.3 is 6.03 Å². The number of anilines is 1. The van der Waals surface area contributed by atoms with Crippen LogP contribution >= 0.6 is 23.2 Å². The first kappa shape index (κ1) is 16.1. The average Bonchev–Trinajstić information content (AvgIpc) is 2.40. The van der Waals surface area contributed by atoms with Crippen molar-refractivity contribution >= 4 is 34.9 Å². The highest BCUT2D eigenvalue weighted by atomic mass is 35.5. The Morgan fingerprint density at radius 1 is 1.32 bits per heavy atom. The van der Waals surface area contributed by atoms with Crippen LogP contribution in [0.15, 0.2) is 18.2 Å². The van der Waals surface area contributed by atoms with Crippen molar-refractivity contribution in [2.45, 2.75) is 32.3 Å². The van der Waals surface area contributed by atoms with Crippen LogP contribution in [0.2, 0.25) is 10.0 Å². The van der Waals surface area contributed by atoms with E-state index in [9.17, 15) is 9.90 Å². The van der Waals surface area contributed by atoms with Gasteiger partial charge in [0.15, 0.2) is 0 Å². The van der Waals surface area contributed by atoms with Gasteiger partial charge in [-0.15, -0.1) is 0 Å².